The molecule has 0 bridgehead atoms. The van der Waals surface area contributed by atoms with Gasteiger partial charge in [0.1, 0.15) is 0 Å². The zero-order chi connectivity index (χ0) is 21.3. The average molecular weight is 397 g/mol. The summed E-state index contributed by atoms with van der Waals surface area (Å²) in [6.45, 7) is 5.37. The Balaban J connectivity index is 1.83. The van der Waals surface area contributed by atoms with Gasteiger partial charge in [0.15, 0.2) is 0 Å². The first-order chi connectivity index (χ1) is 13.7. The molecule has 1 saturated carbocycles. The van der Waals surface area contributed by atoms with Crippen LogP contribution in [0.4, 0.5) is 5.69 Å². The van der Waals surface area contributed by atoms with Crippen molar-refractivity contribution in [2.45, 2.75) is 52.2 Å². The molecule has 7 nitrogen and oxygen atoms in total. The van der Waals surface area contributed by atoms with Gasteiger partial charge in [-0.1, -0.05) is 12.1 Å². The molecular formula is C22H27N3O4. The van der Waals surface area contributed by atoms with Gasteiger partial charge in [-0.3, -0.25) is 14.4 Å². The monoisotopic (exact) mass is 397 g/mol. The molecule has 2 aromatic rings. The number of aromatic nitrogens is 1. The highest BCUT2D eigenvalue weighted by Gasteiger charge is 2.31. The van der Waals surface area contributed by atoms with Crippen LogP contribution in [-0.4, -0.2) is 39.4 Å². The van der Waals surface area contributed by atoms with Crippen LogP contribution in [0, 0.1) is 20.8 Å². The van der Waals surface area contributed by atoms with E-state index in [2.05, 4.69) is 10.6 Å². The molecule has 3 N–H and O–H groups in total. The Labute approximate surface area is 170 Å². The van der Waals surface area contributed by atoms with Crippen molar-refractivity contribution < 1.29 is 19.5 Å². The maximum absolute atomic E-state index is 12.9. The Morgan fingerprint density at radius 3 is 2.48 bits per heavy atom. The molecule has 0 unspecified atom stereocenters. The minimum absolute atomic E-state index is 0.202. The van der Waals surface area contributed by atoms with E-state index in [0.717, 1.165) is 5.56 Å². The van der Waals surface area contributed by atoms with Gasteiger partial charge in [0, 0.05) is 24.5 Å². The van der Waals surface area contributed by atoms with Crippen molar-refractivity contribution in [3.63, 3.8) is 0 Å². The molecule has 29 heavy (non-hydrogen) atoms. The topological polar surface area (TPSA) is 100 Å². The largest absolute Gasteiger partial charge is 0.393 e. The van der Waals surface area contributed by atoms with Crippen LogP contribution in [0.25, 0.3) is 0 Å². The van der Waals surface area contributed by atoms with E-state index in [1.54, 1.807) is 31.5 Å². The van der Waals surface area contributed by atoms with Gasteiger partial charge < -0.3 is 20.3 Å². The molecule has 3 rings (SSSR count). The third kappa shape index (κ3) is 4.24. The van der Waals surface area contributed by atoms with E-state index < -0.39 is 17.8 Å². The second-order valence-corrected chi connectivity index (χ2v) is 7.78. The Hall–Kier alpha value is -2.93. The predicted octanol–water partition coefficient (Wildman–Crippen LogP) is 2.41. The fraction of sp³-hybridized carbons (Fsp3) is 0.409. The average Bonchev–Trinajstić information content (AvgIpc) is 3.15. The maximum atomic E-state index is 12.9. The smallest absolute Gasteiger partial charge is 0.294 e. The van der Waals surface area contributed by atoms with E-state index in [1.807, 2.05) is 25.1 Å². The van der Waals surface area contributed by atoms with Gasteiger partial charge in [-0.05, 0) is 63.3 Å². The first kappa shape index (κ1) is 20.8. The number of aliphatic hydroxyl groups is 1. The minimum Gasteiger partial charge on any atom is -0.393 e. The Morgan fingerprint density at radius 2 is 1.86 bits per heavy atom. The van der Waals surface area contributed by atoms with Crippen molar-refractivity contribution >= 4 is 23.3 Å². The van der Waals surface area contributed by atoms with E-state index in [1.165, 1.54) is 0 Å². The van der Waals surface area contributed by atoms with Crippen LogP contribution in [0.3, 0.4) is 0 Å². The van der Waals surface area contributed by atoms with Gasteiger partial charge in [-0.15, -0.1) is 0 Å². The summed E-state index contributed by atoms with van der Waals surface area (Å²) in [5.74, 6) is -1.71. The summed E-state index contributed by atoms with van der Waals surface area (Å²) in [5.41, 5.74) is 3.37. The molecule has 0 spiro atoms. The van der Waals surface area contributed by atoms with Crippen LogP contribution < -0.4 is 10.6 Å². The fourth-order valence-corrected chi connectivity index (χ4v) is 4.00. The number of benzene rings is 1. The maximum Gasteiger partial charge on any atom is 0.294 e. The van der Waals surface area contributed by atoms with Gasteiger partial charge in [-0.25, -0.2) is 0 Å². The normalized spacial score (nSPS) is 18.5. The number of carbonyl (C=O) groups is 3. The molecule has 154 valence electrons. The number of aryl methyl sites for hydroxylation is 1. The number of rotatable bonds is 5. The van der Waals surface area contributed by atoms with Crippen molar-refractivity contribution in [1.29, 1.82) is 0 Å². The SMILES string of the molecule is Cc1cccc(NC(=O)c2c(C)c(C(=O)C(=O)N[C@@H]3CC[C@@H](O)C3)n(C)c2C)c1. The molecule has 1 heterocycles. The molecule has 0 radical (unpaired) electrons. The molecule has 1 aromatic carbocycles. The van der Waals surface area contributed by atoms with Crippen molar-refractivity contribution in [3.8, 4) is 0 Å². The van der Waals surface area contributed by atoms with Gasteiger partial charge in [0.2, 0.25) is 0 Å². The zero-order valence-electron chi connectivity index (χ0n) is 17.2. The van der Waals surface area contributed by atoms with Crippen LogP contribution in [0.1, 0.15) is 56.9 Å². The molecule has 1 aromatic heterocycles. The summed E-state index contributed by atoms with van der Waals surface area (Å²) in [6.07, 6.45) is 1.28. The molecule has 1 aliphatic rings. The summed E-state index contributed by atoms with van der Waals surface area (Å²) in [5, 5.41) is 15.2. The lowest BCUT2D eigenvalue weighted by Gasteiger charge is -2.12. The van der Waals surface area contributed by atoms with Crippen molar-refractivity contribution in [2.75, 3.05) is 5.32 Å². The summed E-state index contributed by atoms with van der Waals surface area (Å²) in [7, 11) is 1.67. The molecular weight excluding hydrogens is 370 g/mol. The van der Waals surface area contributed by atoms with E-state index in [0.29, 0.717) is 41.8 Å². The fourth-order valence-electron chi connectivity index (χ4n) is 4.00. The number of aliphatic hydroxyl groups excluding tert-OH is 1. The van der Waals surface area contributed by atoms with E-state index in [9.17, 15) is 19.5 Å². The highest BCUT2D eigenvalue weighted by atomic mass is 16.3. The van der Waals surface area contributed by atoms with Crippen LogP contribution in [0.15, 0.2) is 24.3 Å². The number of hydrogen-bond acceptors (Lipinski definition) is 4. The Bertz CT molecular complexity index is 977. The van der Waals surface area contributed by atoms with Crippen molar-refractivity contribution in [1.82, 2.24) is 9.88 Å². The van der Waals surface area contributed by atoms with Gasteiger partial charge in [-0.2, -0.15) is 0 Å². The standard InChI is InChI=1S/C22H27N3O4/c1-12-6-5-7-15(10-12)23-21(28)18-13(2)19(25(4)14(18)3)20(27)22(29)24-16-8-9-17(26)11-16/h5-7,10,16-17,26H,8-9,11H2,1-4H3,(H,23,28)(H,24,29)/t16-,17-/m1/s1. The number of Topliss-reactive ketones (excluding diaryl/α,β-unsaturated/α-hetero) is 1. The van der Waals surface area contributed by atoms with Crippen LogP contribution in [-0.2, 0) is 11.8 Å². The lowest BCUT2D eigenvalue weighted by molar-refractivity contribution is -0.117. The number of anilines is 1. The molecule has 2 amide bonds. The zero-order valence-corrected chi connectivity index (χ0v) is 17.2. The van der Waals surface area contributed by atoms with E-state index in [4.69, 9.17) is 0 Å². The molecule has 0 aliphatic heterocycles. The molecule has 1 aliphatic carbocycles. The third-order valence-electron chi connectivity index (χ3n) is 5.60. The number of nitrogens with zero attached hydrogens (tertiary/aromatic N) is 1. The highest BCUT2D eigenvalue weighted by Crippen LogP contribution is 2.24. The molecule has 2 atom stereocenters. The number of nitrogens with one attached hydrogen (secondary N) is 2. The summed E-state index contributed by atoms with van der Waals surface area (Å²) < 4.78 is 1.59. The molecule has 7 heteroatoms. The number of carbonyl (C=O) groups excluding carboxylic acids is 3. The van der Waals surface area contributed by atoms with Gasteiger partial charge in [0.25, 0.3) is 17.6 Å². The summed E-state index contributed by atoms with van der Waals surface area (Å²) >= 11 is 0. The molecule has 1 fully saturated rings. The summed E-state index contributed by atoms with van der Waals surface area (Å²) in [6, 6.07) is 7.25. The number of ketones is 1. The second-order valence-electron chi connectivity index (χ2n) is 7.78. The van der Waals surface area contributed by atoms with Gasteiger partial charge in [0.05, 0.1) is 17.4 Å². The van der Waals surface area contributed by atoms with Crippen LogP contribution in [0.2, 0.25) is 0 Å². The Morgan fingerprint density at radius 1 is 1.14 bits per heavy atom. The van der Waals surface area contributed by atoms with Crippen LogP contribution >= 0.6 is 0 Å². The first-order valence-corrected chi connectivity index (χ1v) is 9.76. The molecule has 0 saturated heterocycles. The predicted molar refractivity (Wildman–Crippen MR) is 110 cm³/mol. The van der Waals surface area contributed by atoms with Crippen LogP contribution in [0.5, 0.6) is 0 Å². The number of amides is 2. The minimum atomic E-state index is -0.710. The van der Waals surface area contributed by atoms with Crippen molar-refractivity contribution in [3.05, 3.63) is 52.3 Å². The van der Waals surface area contributed by atoms with E-state index in [-0.39, 0.29) is 17.6 Å². The van der Waals surface area contributed by atoms with Gasteiger partial charge >= 0.3 is 0 Å². The lowest BCUT2D eigenvalue weighted by atomic mass is 10.1. The quantitative estimate of drug-likeness (QED) is 0.533. The second kappa shape index (κ2) is 8.21. The number of hydrogen-bond donors (Lipinski definition) is 3. The lowest BCUT2D eigenvalue weighted by Crippen LogP contribution is -2.39. The first-order valence-electron chi connectivity index (χ1n) is 9.76. The van der Waals surface area contributed by atoms with Crippen molar-refractivity contribution in [2.24, 2.45) is 7.05 Å². The van der Waals surface area contributed by atoms with E-state index >= 15 is 0 Å². The Kier molecular flexibility index (Phi) is 5.88. The highest BCUT2D eigenvalue weighted by molar-refractivity contribution is 6.43. The summed E-state index contributed by atoms with van der Waals surface area (Å²) in [4.78, 5) is 38.2. The third-order valence-corrected chi connectivity index (χ3v) is 5.60.